The zero-order valence-electron chi connectivity index (χ0n) is 12.7. The Morgan fingerprint density at radius 2 is 1.86 bits per heavy atom. The smallest absolute Gasteiger partial charge is 0.321 e. The Balaban J connectivity index is 1.53. The summed E-state index contributed by atoms with van der Waals surface area (Å²) in [6.45, 7) is 3.12. The average molecular weight is 303 g/mol. The number of nitrogens with zero attached hydrogens (tertiary/aromatic N) is 1. The molecule has 3 aliphatic rings. The fourth-order valence-electron chi connectivity index (χ4n) is 3.25. The number of benzene rings is 1. The Hall–Kier alpha value is -2.08. The molecular formula is C16H21N3O3. The molecule has 1 atom stereocenters. The van der Waals surface area contributed by atoms with E-state index in [1.165, 1.54) is 0 Å². The molecule has 0 aliphatic carbocycles. The van der Waals surface area contributed by atoms with E-state index >= 15 is 0 Å². The summed E-state index contributed by atoms with van der Waals surface area (Å²) >= 11 is 0. The third-order valence-corrected chi connectivity index (χ3v) is 4.55. The van der Waals surface area contributed by atoms with Crippen LogP contribution in [0.4, 0.5) is 4.79 Å². The quantitative estimate of drug-likeness (QED) is 0.881. The lowest BCUT2D eigenvalue weighted by Crippen LogP contribution is -2.59. The van der Waals surface area contributed by atoms with E-state index in [-0.39, 0.29) is 6.04 Å². The van der Waals surface area contributed by atoms with Crippen molar-refractivity contribution < 1.29 is 14.3 Å². The van der Waals surface area contributed by atoms with Gasteiger partial charge in [0.25, 0.3) is 5.91 Å². The number of ether oxygens (including phenoxy) is 1. The first kappa shape index (κ1) is 14.8. The van der Waals surface area contributed by atoms with Crippen LogP contribution >= 0.6 is 0 Å². The summed E-state index contributed by atoms with van der Waals surface area (Å²) in [6.07, 6.45) is 2.24. The molecule has 4 rings (SSSR count). The highest BCUT2D eigenvalue weighted by Gasteiger charge is 2.34. The Kier molecular flexibility index (Phi) is 4.29. The van der Waals surface area contributed by atoms with Crippen molar-refractivity contribution in [3.63, 3.8) is 0 Å². The molecule has 6 heteroatoms. The fraction of sp³-hybridized carbons (Fsp3) is 0.500. The third-order valence-electron chi connectivity index (χ3n) is 4.55. The number of hydrogen-bond acceptors (Lipinski definition) is 4. The van der Waals surface area contributed by atoms with E-state index in [1.807, 2.05) is 0 Å². The molecule has 1 unspecified atom stereocenters. The largest absolute Gasteiger partial charge is 0.497 e. The van der Waals surface area contributed by atoms with Gasteiger partial charge in [0.2, 0.25) is 0 Å². The van der Waals surface area contributed by atoms with Gasteiger partial charge in [-0.2, -0.15) is 0 Å². The highest BCUT2D eigenvalue weighted by Crippen LogP contribution is 2.27. The van der Waals surface area contributed by atoms with E-state index in [2.05, 4.69) is 15.5 Å². The van der Waals surface area contributed by atoms with Crippen LogP contribution in [0.5, 0.6) is 5.75 Å². The van der Waals surface area contributed by atoms with Crippen LogP contribution in [0.15, 0.2) is 24.3 Å². The number of nitrogens with one attached hydrogen (secondary N) is 2. The summed E-state index contributed by atoms with van der Waals surface area (Å²) in [5.41, 5.74) is 0.435. The van der Waals surface area contributed by atoms with Gasteiger partial charge in [-0.1, -0.05) is 0 Å². The normalized spacial score (nSPS) is 26.3. The van der Waals surface area contributed by atoms with Gasteiger partial charge in [0.1, 0.15) is 5.75 Å². The van der Waals surface area contributed by atoms with Crippen LogP contribution in [-0.4, -0.2) is 49.6 Å². The second kappa shape index (κ2) is 6.36. The number of carbonyl (C=O) groups is 2. The second-order valence-electron chi connectivity index (χ2n) is 5.90. The lowest BCUT2D eigenvalue weighted by molar-refractivity contribution is 0.0757. The van der Waals surface area contributed by atoms with Crippen molar-refractivity contribution in [1.82, 2.24) is 15.5 Å². The standard InChI is InChI=1S/C16H21N3O3/c1-22-13-4-2-12(3-5-13)15(20)18-16(21)17-14-10-19-8-6-11(14)7-9-19/h2-5,11,14H,6-10H2,1H3,(H2,17,18,20,21). The first-order valence-electron chi connectivity index (χ1n) is 7.64. The maximum absolute atomic E-state index is 12.0. The Bertz CT molecular complexity index is 550. The molecule has 2 N–H and O–H groups in total. The van der Waals surface area contributed by atoms with Crippen LogP contribution in [0.25, 0.3) is 0 Å². The maximum atomic E-state index is 12.0. The monoisotopic (exact) mass is 303 g/mol. The van der Waals surface area contributed by atoms with Crippen LogP contribution in [-0.2, 0) is 0 Å². The number of hydrogen-bond donors (Lipinski definition) is 2. The molecule has 0 radical (unpaired) electrons. The predicted octanol–water partition coefficient (Wildman–Crippen LogP) is 1.23. The van der Waals surface area contributed by atoms with Crippen molar-refractivity contribution in [1.29, 1.82) is 0 Å². The summed E-state index contributed by atoms with van der Waals surface area (Å²) in [6, 6.07) is 6.39. The van der Waals surface area contributed by atoms with E-state index in [0.717, 1.165) is 32.5 Å². The minimum absolute atomic E-state index is 0.145. The van der Waals surface area contributed by atoms with Gasteiger partial charge in [0, 0.05) is 18.2 Å². The van der Waals surface area contributed by atoms with Crippen LogP contribution < -0.4 is 15.4 Å². The van der Waals surface area contributed by atoms with E-state index in [9.17, 15) is 9.59 Å². The molecule has 3 fully saturated rings. The molecule has 3 amide bonds. The minimum Gasteiger partial charge on any atom is -0.497 e. The Morgan fingerprint density at radius 1 is 1.18 bits per heavy atom. The number of methoxy groups -OCH3 is 1. The van der Waals surface area contributed by atoms with Crippen LogP contribution in [0, 0.1) is 5.92 Å². The minimum atomic E-state index is -0.417. The van der Waals surface area contributed by atoms with E-state index in [0.29, 0.717) is 17.2 Å². The molecule has 3 saturated heterocycles. The van der Waals surface area contributed by atoms with Gasteiger partial charge in [0.15, 0.2) is 0 Å². The lowest BCUT2D eigenvalue weighted by Gasteiger charge is -2.44. The van der Waals surface area contributed by atoms with Crippen molar-refractivity contribution >= 4 is 11.9 Å². The van der Waals surface area contributed by atoms with Gasteiger partial charge < -0.3 is 15.0 Å². The zero-order chi connectivity index (χ0) is 15.5. The topological polar surface area (TPSA) is 70.7 Å². The van der Waals surface area contributed by atoms with Gasteiger partial charge >= 0.3 is 6.03 Å². The van der Waals surface area contributed by atoms with Crippen LogP contribution in [0.2, 0.25) is 0 Å². The molecule has 1 aromatic rings. The van der Waals surface area contributed by atoms with Crippen LogP contribution in [0.1, 0.15) is 23.2 Å². The number of piperidine rings is 3. The molecule has 22 heavy (non-hydrogen) atoms. The summed E-state index contributed by atoms with van der Waals surface area (Å²) in [5, 5.41) is 5.33. The number of amides is 3. The predicted molar refractivity (Wildman–Crippen MR) is 81.9 cm³/mol. The molecule has 1 aromatic carbocycles. The van der Waals surface area contributed by atoms with Crippen molar-refractivity contribution in [2.24, 2.45) is 5.92 Å². The van der Waals surface area contributed by atoms with Gasteiger partial charge in [-0.05, 0) is 56.1 Å². The van der Waals surface area contributed by atoms with E-state index in [1.54, 1.807) is 31.4 Å². The van der Waals surface area contributed by atoms with Gasteiger partial charge in [-0.15, -0.1) is 0 Å². The van der Waals surface area contributed by atoms with E-state index < -0.39 is 11.9 Å². The molecule has 3 heterocycles. The van der Waals surface area contributed by atoms with Crippen molar-refractivity contribution in [3.05, 3.63) is 29.8 Å². The zero-order valence-corrected chi connectivity index (χ0v) is 12.7. The van der Waals surface area contributed by atoms with Crippen molar-refractivity contribution in [2.75, 3.05) is 26.7 Å². The van der Waals surface area contributed by atoms with E-state index in [4.69, 9.17) is 4.74 Å². The molecule has 0 aromatic heterocycles. The van der Waals surface area contributed by atoms with Crippen molar-refractivity contribution in [2.45, 2.75) is 18.9 Å². The maximum Gasteiger partial charge on any atom is 0.321 e. The summed E-state index contributed by atoms with van der Waals surface area (Å²) in [5.74, 6) is 0.807. The highest BCUT2D eigenvalue weighted by molar-refractivity contribution is 6.04. The molecule has 3 aliphatic heterocycles. The molecule has 6 nitrogen and oxygen atoms in total. The number of urea groups is 1. The lowest BCUT2D eigenvalue weighted by atomic mass is 9.84. The van der Waals surface area contributed by atoms with Crippen LogP contribution in [0.3, 0.4) is 0 Å². The fourth-order valence-corrected chi connectivity index (χ4v) is 3.25. The van der Waals surface area contributed by atoms with Crippen molar-refractivity contribution in [3.8, 4) is 5.75 Å². The molecule has 0 saturated carbocycles. The molecule has 0 spiro atoms. The molecular weight excluding hydrogens is 282 g/mol. The summed E-state index contributed by atoms with van der Waals surface area (Å²) in [4.78, 5) is 26.4. The Morgan fingerprint density at radius 3 is 2.41 bits per heavy atom. The summed E-state index contributed by atoms with van der Waals surface area (Å²) < 4.78 is 5.04. The third kappa shape index (κ3) is 3.22. The highest BCUT2D eigenvalue weighted by atomic mass is 16.5. The Labute approximate surface area is 129 Å². The molecule has 118 valence electrons. The number of imide groups is 1. The average Bonchev–Trinajstić information content (AvgIpc) is 2.56. The SMILES string of the molecule is COc1ccc(C(=O)NC(=O)NC2CN3CCC2CC3)cc1. The van der Waals surface area contributed by atoms with Gasteiger partial charge in [0.05, 0.1) is 7.11 Å². The first-order valence-corrected chi connectivity index (χ1v) is 7.64. The summed E-state index contributed by atoms with van der Waals surface area (Å²) in [7, 11) is 1.57. The van der Waals surface area contributed by atoms with Gasteiger partial charge in [-0.3, -0.25) is 10.1 Å². The number of rotatable bonds is 3. The number of carbonyl (C=O) groups excluding carboxylic acids is 2. The van der Waals surface area contributed by atoms with Gasteiger partial charge in [-0.25, -0.2) is 4.79 Å². The first-order chi connectivity index (χ1) is 10.7. The molecule has 2 bridgehead atoms. The number of fused-ring (bicyclic) bond motifs is 3. The second-order valence-corrected chi connectivity index (χ2v) is 5.90.